The summed E-state index contributed by atoms with van der Waals surface area (Å²) in [5.41, 5.74) is 1.58. The highest BCUT2D eigenvalue weighted by Gasteiger charge is 2.48. The average Bonchev–Trinajstić information content (AvgIpc) is 2.73. The number of nitrogens with zero attached hydrogens (tertiary/aromatic N) is 2. The topological polar surface area (TPSA) is 44.7 Å². The van der Waals surface area contributed by atoms with Crippen molar-refractivity contribution in [2.24, 2.45) is 5.10 Å². The van der Waals surface area contributed by atoms with Gasteiger partial charge in [0.2, 0.25) is 3.23 Å². The molecule has 0 saturated heterocycles. The molecule has 2 aromatic carbocycles. The molecule has 1 amide bonds. The number of hydrogen-bond acceptors (Lipinski definition) is 3. The number of carbonyl (C=O) groups excluding carboxylic acids is 1. The second-order valence-corrected chi connectivity index (χ2v) is 7.91. The zero-order valence-electron chi connectivity index (χ0n) is 10.8. The van der Waals surface area contributed by atoms with Gasteiger partial charge in [-0.25, -0.2) is 0 Å². The number of hydrazone groups is 1. The van der Waals surface area contributed by atoms with Crippen molar-refractivity contribution in [2.45, 2.75) is 3.23 Å². The van der Waals surface area contributed by atoms with Gasteiger partial charge < -0.3 is 5.32 Å². The first kappa shape index (κ1) is 14.3. The zero-order chi connectivity index (χ0) is 14.9. The monoisotopic (exact) mass is 407 g/mol. The minimum absolute atomic E-state index is 0.202. The van der Waals surface area contributed by atoms with Crippen LogP contribution in [0.4, 0.5) is 11.4 Å². The van der Waals surface area contributed by atoms with Gasteiger partial charge >= 0.3 is 0 Å². The number of rotatable bonds is 2. The molecule has 0 bridgehead atoms. The first-order valence-corrected chi connectivity index (χ1v) is 7.86. The fraction of sp³-hybridized carbons (Fsp3) is 0.0667. The zero-order valence-corrected chi connectivity index (χ0v) is 14.0. The molecule has 0 unspecified atom stereocenters. The molecule has 106 valence electrons. The maximum Gasteiger partial charge on any atom is 0.283 e. The number of halogens is 2. The van der Waals surface area contributed by atoms with Crippen LogP contribution in [0, 0.1) is 0 Å². The van der Waals surface area contributed by atoms with Gasteiger partial charge in [0.05, 0.1) is 5.69 Å². The quantitative estimate of drug-likeness (QED) is 0.764. The van der Waals surface area contributed by atoms with Crippen LogP contribution in [-0.4, -0.2) is 15.0 Å². The molecule has 0 saturated carbocycles. The van der Waals surface area contributed by atoms with Gasteiger partial charge in [-0.3, -0.25) is 4.79 Å². The Bertz CT molecular complexity index is 687. The summed E-state index contributed by atoms with van der Waals surface area (Å²) in [5, 5.41) is 8.91. The number of para-hydroxylation sites is 2. The molecule has 0 radical (unpaired) electrons. The van der Waals surface area contributed by atoms with E-state index >= 15 is 0 Å². The van der Waals surface area contributed by atoms with Gasteiger partial charge in [-0.1, -0.05) is 68.3 Å². The first-order valence-electron chi connectivity index (χ1n) is 6.27. The fourth-order valence-electron chi connectivity index (χ4n) is 1.95. The van der Waals surface area contributed by atoms with Gasteiger partial charge in [0, 0.05) is 5.69 Å². The first-order chi connectivity index (χ1) is 10.1. The van der Waals surface area contributed by atoms with E-state index in [4.69, 9.17) is 0 Å². The predicted molar refractivity (Wildman–Crippen MR) is 92.0 cm³/mol. The van der Waals surface area contributed by atoms with Crippen molar-refractivity contribution in [3.8, 4) is 0 Å². The van der Waals surface area contributed by atoms with Crippen LogP contribution in [0.25, 0.3) is 0 Å². The standard InChI is InChI=1S/C15H11Br2N3O/c16-15(17)13(18-11-7-3-1-4-8-11)19-20(14(15)21)12-9-5-2-6-10-12/h1-10H,(H,18,19). The van der Waals surface area contributed by atoms with E-state index in [1.54, 1.807) is 0 Å². The summed E-state index contributed by atoms with van der Waals surface area (Å²) in [4.78, 5) is 12.5. The van der Waals surface area contributed by atoms with Gasteiger partial charge in [-0.05, 0) is 24.3 Å². The van der Waals surface area contributed by atoms with Crippen molar-refractivity contribution in [2.75, 3.05) is 10.3 Å². The van der Waals surface area contributed by atoms with Crippen molar-refractivity contribution in [3.05, 3.63) is 60.7 Å². The second-order valence-electron chi connectivity index (χ2n) is 4.47. The molecular formula is C15H11Br2N3O. The molecule has 1 aliphatic heterocycles. The van der Waals surface area contributed by atoms with Crippen molar-refractivity contribution < 1.29 is 4.79 Å². The molecule has 0 aromatic heterocycles. The summed E-state index contributed by atoms with van der Waals surface area (Å²) in [7, 11) is 0. The van der Waals surface area contributed by atoms with Crippen LogP contribution >= 0.6 is 31.9 Å². The molecule has 0 spiro atoms. The molecule has 0 atom stereocenters. The van der Waals surface area contributed by atoms with Crippen molar-refractivity contribution in [1.82, 2.24) is 0 Å². The molecule has 1 N–H and O–H groups in total. The normalized spacial score (nSPS) is 16.8. The van der Waals surface area contributed by atoms with Gasteiger partial charge in [0.15, 0.2) is 5.84 Å². The number of nitrogens with one attached hydrogen (secondary N) is 1. The molecule has 21 heavy (non-hydrogen) atoms. The highest BCUT2D eigenvalue weighted by molar-refractivity contribution is 9.26. The summed E-state index contributed by atoms with van der Waals surface area (Å²) in [6, 6.07) is 18.9. The molecule has 0 fully saturated rings. The third kappa shape index (κ3) is 2.73. The van der Waals surface area contributed by atoms with Crippen LogP contribution in [0.15, 0.2) is 65.8 Å². The van der Waals surface area contributed by atoms with Gasteiger partial charge in [-0.2, -0.15) is 5.01 Å². The summed E-state index contributed by atoms with van der Waals surface area (Å²) < 4.78 is -1.05. The third-order valence-corrected chi connectivity index (χ3v) is 4.43. The Labute approximate surface area is 139 Å². The van der Waals surface area contributed by atoms with Crippen LogP contribution in [0.1, 0.15) is 0 Å². The highest BCUT2D eigenvalue weighted by Crippen LogP contribution is 2.38. The summed E-state index contributed by atoms with van der Waals surface area (Å²) in [6.07, 6.45) is 0. The third-order valence-electron chi connectivity index (χ3n) is 3.00. The number of alkyl halides is 2. The van der Waals surface area contributed by atoms with Crippen molar-refractivity contribution in [1.29, 1.82) is 0 Å². The Morgan fingerprint density at radius 2 is 1.52 bits per heavy atom. The Balaban J connectivity index is 1.94. The lowest BCUT2D eigenvalue weighted by Gasteiger charge is -2.16. The Morgan fingerprint density at radius 3 is 2.14 bits per heavy atom. The van der Waals surface area contributed by atoms with Crippen LogP contribution in [0.5, 0.6) is 0 Å². The number of benzene rings is 2. The average molecular weight is 409 g/mol. The van der Waals surface area contributed by atoms with Crippen LogP contribution < -0.4 is 10.3 Å². The van der Waals surface area contributed by atoms with E-state index in [9.17, 15) is 4.79 Å². The minimum atomic E-state index is -1.05. The summed E-state index contributed by atoms with van der Waals surface area (Å²) in [5.74, 6) is 0.287. The molecular weight excluding hydrogens is 398 g/mol. The maximum absolute atomic E-state index is 12.5. The van der Waals surface area contributed by atoms with E-state index in [-0.39, 0.29) is 5.91 Å². The number of anilines is 2. The van der Waals surface area contributed by atoms with Crippen LogP contribution in [-0.2, 0) is 4.79 Å². The maximum atomic E-state index is 12.5. The molecule has 3 rings (SSSR count). The molecule has 1 heterocycles. The van der Waals surface area contributed by atoms with E-state index in [1.807, 2.05) is 60.7 Å². The molecule has 1 aliphatic rings. The van der Waals surface area contributed by atoms with Crippen LogP contribution in [0.2, 0.25) is 0 Å². The molecule has 2 aromatic rings. The van der Waals surface area contributed by atoms with E-state index in [0.717, 1.165) is 11.4 Å². The number of amides is 1. The minimum Gasteiger partial charge on any atom is -0.340 e. The highest BCUT2D eigenvalue weighted by atomic mass is 79.9. The van der Waals surface area contributed by atoms with Gasteiger partial charge in [-0.15, -0.1) is 5.10 Å². The summed E-state index contributed by atoms with van der Waals surface area (Å²) in [6.45, 7) is 0. The number of carbonyl (C=O) groups is 1. The molecule has 0 aliphatic carbocycles. The lowest BCUT2D eigenvalue weighted by Crippen LogP contribution is -2.38. The van der Waals surface area contributed by atoms with Crippen LogP contribution in [0.3, 0.4) is 0 Å². The van der Waals surface area contributed by atoms with Crippen molar-refractivity contribution in [3.63, 3.8) is 0 Å². The SMILES string of the molecule is O=C1N(c2ccccc2)N=C(Nc2ccccc2)C1(Br)Br. The Hall–Kier alpha value is -1.66. The predicted octanol–water partition coefficient (Wildman–Crippen LogP) is 3.94. The van der Waals surface area contributed by atoms with Crippen molar-refractivity contribution >= 4 is 55.0 Å². The fourth-order valence-corrected chi connectivity index (χ4v) is 2.64. The van der Waals surface area contributed by atoms with E-state index in [1.165, 1.54) is 5.01 Å². The second kappa shape index (κ2) is 5.61. The smallest absolute Gasteiger partial charge is 0.283 e. The van der Waals surface area contributed by atoms with E-state index in [0.29, 0.717) is 5.84 Å². The van der Waals surface area contributed by atoms with E-state index < -0.39 is 3.23 Å². The number of amidine groups is 1. The lowest BCUT2D eigenvalue weighted by atomic mass is 10.3. The Morgan fingerprint density at radius 1 is 0.952 bits per heavy atom. The number of hydrogen-bond donors (Lipinski definition) is 1. The largest absolute Gasteiger partial charge is 0.340 e. The van der Waals surface area contributed by atoms with Gasteiger partial charge in [0.25, 0.3) is 5.91 Å². The van der Waals surface area contributed by atoms with E-state index in [2.05, 4.69) is 42.3 Å². The summed E-state index contributed by atoms with van der Waals surface area (Å²) >= 11 is 6.80. The Kier molecular flexibility index (Phi) is 3.82. The molecule has 6 heteroatoms. The molecule has 4 nitrogen and oxygen atoms in total. The lowest BCUT2D eigenvalue weighted by molar-refractivity contribution is -0.116. The van der Waals surface area contributed by atoms with Gasteiger partial charge in [0.1, 0.15) is 0 Å².